The summed E-state index contributed by atoms with van der Waals surface area (Å²) in [4.78, 5) is 10.1. The second-order valence-electron chi connectivity index (χ2n) is 9.85. The molecule has 2 N–H and O–H groups in total. The molecule has 1 unspecified atom stereocenters. The average molecular weight is 555 g/mol. The lowest BCUT2D eigenvalue weighted by Gasteiger charge is -2.24. The number of allylic oxidation sites excluding steroid dienone is 4. The highest BCUT2D eigenvalue weighted by molar-refractivity contribution is 5.67. The van der Waals surface area contributed by atoms with Crippen LogP contribution in [0, 0.1) is 0 Å². The maximum atomic E-state index is 15.2. The Labute approximate surface area is 236 Å². The summed E-state index contributed by atoms with van der Waals surface area (Å²) in [6.45, 7) is 9.25. The van der Waals surface area contributed by atoms with Gasteiger partial charge in [0.05, 0.1) is 17.3 Å². The highest BCUT2D eigenvalue weighted by Crippen LogP contribution is 2.39. The van der Waals surface area contributed by atoms with Crippen LogP contribution >= 0.6 is 0 Å². The van der Waals surface area contributed by atoms with Crippen LogP contribution in [0.2, 0.25) is 0 Å². The number of rotatable bonds is 14. The SMILES string of the molecule is C=C(NCCCCCN(C)CF)c1ccc(Nn2ccnccncc2C2CC=C(CC)C(F)=C2F)cc1CC. The highest BCUT2D eigenvalue weighted by atomic mass is 19.2. The molecular weight excluding hydrogens is 513 g/mol. The summed E-state index contributed by atoms with van der Waals surface area (Å²) in [6, 6.07) is 5.97. The van der Waals surface area contributed by atoms with Crippen molar-refractivity contribution in [2.75, 3.05) is 32.4 Å². The van der Waals surface area contributed by atoms with Crippen LogP contribution in [0.15, 0.2) is 79.1 Å². The van der Waals surface area contributed by atoms with Gasteiger partial charge < -0.3 is 5.32 Å². The van der Waals surface area contributed by atoms with Crippen molar-refractivity contribution in [3.63, 3.8) is 0 Å². The summed E-state index contributed by atoms with van der Waals surface area (Å²) in [6.07, 6.45) is 14.1. The third-order valence-electron chi connectivity index (χ3n) is 6.98. The largest absolute Gasteiger partial charge is 0.385 e. The van der Waals surface area contributed by atoms with Crippen molar-refractivity contribution in [3.8, 4) is 0 Å². The Morgan fingerprint density at radius 1 is 1.10 bits per heavy atom. The standard InChI is InChI=1S/C31H41F3N6/c1-5-24-10-12-28(31(34)30(24)33)29-21-36-16-15-35-17-19-40(29)38-26-11-13-27(25(6-2)20-26)23(3)37-14-8-7-9-18-39(4)22-32/h10-11,13,15-17,19-21,28,37-38H,3,5-9,12,14,18,22H2,1-2,4H3. The number of hydrogen-bond acceptors (Lipinski definition) is 5. The van der Waals surface area contributed by atoms with Crippen molar-refractivity contribution < 1.29 is 13.2 Å². The Hall–Kier alpha value is -3.59. The summed E-state index contributed by atoms with van der Waals surface area (Å²) in [7, 11) is 1.78. The van der Waals surface area contributed by atoms with Crippen LogP contribution in [0.25, 0.3) is 5.70 Å². The zero-order valence-corrected chi connectivity index (χ0v) is 23.8. The van der Waals surface area contributed by atoms with Crippen LogP contribution < -0.4 is 10.7 Å². The van der Waals surface area contributed by atoms with E-state index in [1.807, 2.05) is 25.1 Å². The molecule has 1 aromatic carbocycles. The summed E-state index contributed by atoms with van der Waals surface area (Å²) in [5.41, 5.74) is 7.91. The van der Waals surface area contributed by atoms with Crippen LogP contribution in [0.4, 0.5) is 18.9 Å². The molecule has 0 aliphatic heterocycles. The maximum absolute atomic E-state index is 15.2. The van der Waals surface area contributed by atoms with Crippen LogP contribution in [0.1, 0.15) is 68.7 Å². The molecule has 40 heavy (non-hydrogen) atoms. The normalized spacial score (nSPS) is 15.1. The van der Waals surface area contributed by atoms with E-state index in [-0.39, 0.29) is 0 Å². The molecule has 1 aromatic heterocycles. The second-order valence-corrected chi connectivity index (χ2v) is 9.85. The van der Waals surface area contributed by atoms with Crippen LogP contribution in [0.5, 0.6) is 0 Å². The minimum atomic E-state index is -0.825. The molecule has 3 rings (SSSR count). The van der Waals surface area contributed by atoms with Gasteiger partial charge in [-0.1, -0.05) is 39.0 Å². The zero-order chi connectivity index (χ0) is 28.9. The highest BCUT2D eigenvalue weighted by Gasteiger charge is 2.28. The van der Waals surface area contributed by atoms with E-state index < -0.39 is 24.4 Å². The summed E-state index contributed by atoms with van der Waals surface area (Å²) >= 11 is 0. The second kappa shape index (κ2) is 15.9. The van der Waals surface area contributed by atoms with Gasteiger partial charge in [0.1, 0.15) is 12.6 Å². The third-order valence-corrected chi connectivity index (χ3v) is 6.98. The van der Waals surface area contributed by atoms with Crippen molar-refractivity contribution in [1.82, 2.24) is 24.9 Å². The Balaban J connectivity index is 1.79. The van der Waals surface area contributed by atoms with E-state index in [1.54, 1.807) is 35.1 Å². The first kappa shape index (κ1) is 30.9. The predicted molar refractivity (Wildman–Crippen MR) is 157 cm³/mol. The fourth-order valence-corrected chi connectivity index (χ4v) is 4.64. The van der Waals surface area contributed by atoms with Gasteiger partial charge in [0.25, 0.3) is 0 Å². The van der Waals surface area contributed by atoms with Gasteiger partial charge in [-0.05, 0) is 62.4 Å². The van der Waals surface area contributed by atoms with E-state index in [4.69, 9.17) is 0 Å². The predicted octanol–water partition coefficient (Wildman–Crippen LogP) is 7.40. The van der Waals surface area contributed by atoms with Gasteiger partial charge >= 0.3 is 0 Å². The van der Waals surface area contributed by atoms with Gasteiger partial charge in [-0.15, -0.1) is 0 Å². The van der Waals surface area contributed by atoms with E-state index >= 15 is 4.39 Å². The van der Waals surface area contributed by atoms with Crippen molar-refractivity contribution in [2.45, 2.75) is 58.3 Å². The molecule has 0 radical (unpaired) electrons. The summed E-state index contributed by atoms with van der Waals surface area (Å²) < 4.78 is 44.1. The maximum Gasteiger partial charge on any atom is 0.158 e. The molecule has 0 bridgehead atoms. The molecule has 1 aliphatic rings. The van der Waals surface area contributed by atoms with Gasteiger partial charge in [-0.2, -0.15) is 0 Å². The number of alkyl halides is 1. The molecule has 1 aliphatic carbocycles. The number of benzene rings is 1. The fourth-order valence-electron chi connectivity index (χ4n) is 4.64. The van der Waals surface area contributed by atoms with Crippen LogP contribution in [0.3, 0.4) is 0 Å². The number of halogens is 3. The van der Waals surface area contributed by atoms with E-state index in [9.17, 15) is 8.78 Å². The first-order valence-corrected chi connectivity index (χ1v) is 13.9. The number of hydrogen-bond donors (Lipinski definition) is 2. The molecule has 6 nitrogen and oxygen atoms in total. The number of unbranched alkanes of at least 4 members (excludes halogenated alkanes) is 2. The van der Waals surface area contributed by atoms with Gasteiger partial charge in [-0.3, -0.25) is 25.0 Å². The molecule has 0 saturated carbocycles. The molecule has 1 atom stereocenters. The minimum Gasteiger partial charge on any atom is -0.385 e. The number of aromatic nitrogens is 3. The topological polar surface area (TPSA) is 58.0 Å². The van der Waals surface area contributed by atoms with Crippen molar-refractivity contribution in [3.05, 3.63) is 95.9 Å². The Morgan fingerprint density at radius 2 is 1.90 bits per heavy atom. The fraction of sp³-hybridized carbons (Fsp3) is 0.419. The Bertz CT molecular complexity index is 1250. The van der Waals surface area contributed by atoms with Gasteiger partial charge in [0.2, 0.25) is 0 Å². The van der Waals surface area contributed by atoms with Crippen molar-refractivity contribution >= 4 is 11.4 Å². The number of anilines is 1. The molecule has 1 heterocycles. The van der Waals surface area contributed by atoms with Crippen molar-refractivity contribution in [1.29, 1.82) is 0 Å². The summed E-state index contributed by atoms with van der Waals surface area (Å²) in [5, 5.41) is 3.41. The van der Waals surface area contributed by atoms with Crippen LogP contribution in [-0.2, 0) is 6.42 Å². The molecule has 0 saturated heterocycles. The monoisotopic (exact) mass is 554 g/mol. The minimum absolute atomic E-state index is 0.327. The van der Waals surface area contributed by atoms with Crippen LogP contribution in [-0.4, -0.2) is 46.5 Å². The van der Waals surface area contributed by atoms with Gasteiger partial charge in [0.15, 0.2) is 5.83 Å². The first-order valence-electron chi connectivity index (χ1n) is 13.9. The zero-order valence-electron chi connectivity index (χ0n) is 23.8. The Morgan fingerprint density at radius 3 is 2.65 bits per heavy atom. The Kier molecular flexibility index (Phi) is 12.3. The molecular formula is C31H41F3N6. The molecule has 9 heteroatoms. The molecule has 0 spiro atoms. The smallest absolute Gasteiger partial charge is 0.158 e. The van der Waals surface area contributed by atoms with E-state index in [1.165, 1.54) is 18.6 Å². The molecule has 0 amide bonds. The van der Waals surface area contributed by atoms with Gasteiger partial charge in [-0.25, -0.2) is 13.2 Å². The van der Waals surface area contributed by atoms with Crippen molar-refractivity contribution in [2.24, 2.45) is 0 Å². The van der Waals surface area contributed by atoms with E-state index in [0.29, 0.717) is 24.1 Å². The molecule has 2 aromatic rings. The lowest BCUT2D eigenvalue weighted by Crippen LogP contribution is -2.19. The average Bonchev–Trinajstić information content (AvgIpc) is 3.08. The lowest BCUT2D eigenvalue weighted by atomic mass is 9.91. The third kappa shape index (κ3) is 8.45. The lowest BCUT2D eigenvalue weighted by molar-refractivity contribution is 0.221. The van der Waals surface area contributed by atoms with Gasteiger partial charge in [0, 0.05) is 55.3 Å². The van der Waals surface area contributed by atoms with E-state index in [2.05, 4.69) is 34.2 Å². The number of nitrogens with one attached hydrogen (secondary N) is 2. The first-order chi connectivity index (χ1) is 19.4. The number of nitrogens with zero attached hydrogens (tertiary/aromatic N) is 4. The number of aryl methyl sites for hydroxylation is 1. The quantitative estimate of drug-likeness (QED) is 0.188. The van der Waals surface area contributed by atoms with E-state index in [0.717, 1.165) is 61.3 Å². The summed E-state index contributed by atoms with van der Waals surface area (Å²) in [5.74, 6) is -2.41. The molecule has 0 fully saturated rings. The molecule has 216 valence electrons.